The lowest BCUT2D eigenvalue weighted by Crippen LogP contribution is -2.48. The highest BCUT2D eigenvalue weighted by Crippen LogP contribution is 2.47. The summed E-state index contributed by atoms with van der Waals surface area (Å²) in [6, 6.07) is 7.04. The summed E-state index contributed by atoms with van der Waals surface area (Å²) in [5.41, 5.74) is -0.662. The molecular formula is C21H32N2O5. The molecule has 0 bridgehead atoms. The lowest BCUT2D eigenvalue weighted by molar-refractivity contribution is -0.150. The summed E-state index contributed by atoms with van der Waals surface area (Å²) < 4.78 is 5.21. The summed E-state index contributed by atoms with van der Waals surface area (Å²) in [6.45, 7) is 5.84. The Morgan fingerprint density at radius 3 is 2.39 bits per heavy atom. The molecule has 156 valence electrons. The number of ether oxygens (including phenoxy) is 1. The smallest absolute Gasteiger partial charge is 0.324 e. The molecule has 1 amide bonds. The molecule has 1 fully saturated rings. The Balaban J connectivity index is 2.37. The van der Waals surface area contributed by atoms with Crippen molar-refractivity contribution < 1.29 is 24.5 Å². The van der Waals surface area contributed by atoms with Crippen LogP contribution in [0.4, 0.5) is 0 Å². The third-order valence-electron chi connectivity index (χ3n) is 5.98. The Bertz CT molecular complexity index is 703. The van der Waals surface area contributed by atoms with Gasteiger partial charge in [-0.2, -0.15) is 0 Å². The first kappa shape index (κ1) is 22.2. The second kappa shape index (κ2) is 8.49. The molecule has 7 nitrogen and oxygen atoms in total. The summed E-state index contributed by atoms with van der Waals surface area (Å²) >= 11 is 0. The molecule has 0 aromatic heterocycles. The molecule has 0 radical (unpaired) electrons. The fourth-order valence-corrected chi connectivity index (χ4v) is 3.95. The maximum absolute atomic E-state index is 13.0. The van der Waals surface area contributed by atoms with E-state index in [-0.39, 0.29) is 25.0 Å². The number of nitrogens with one attached hydrogen (secondary N) is 1. The van der Waals surface area contributed by atoms with E-state index < -0.39 is 22.8 Å². The third-order valence-corrected chi connectivity index (χ3v) is 5.98. The minimum absolute atomic E-state index is 0.0478. The quantitative estimate of drug-likeness (QED) is 0.626. The number of carboxylic acids is 1. The Hall–Kier alpha value is -2.12. The summed E-state index contributed by atoms with van der Waals surface area (Å²) in [5.74, 6) is -0.910. The molecular weight excluding hydrogens is 360 g/mol. The molecule has 0 spiro atoms. The SMILES string of the molecule is CC[C@]1(C(=O)O)C[C@@H](C(=O)NCC(C)(C)CO)[C@@H](c2ccc(OC)cc2)N1C. The van der Waals surface area contributed by atoms with Gasteiger partial charge in [0.05, 0.1) is 13.0 Å². The maximum atomic E-state index is 13.0. The van der Waals surface area contributed by atoms with Crippen molar-refractivity contribution in [3.05, 3.63) is 29.8 Å². The summed E-state index contributed by atoms with van der Waals surface area (Å²) in [7, 11) is 3.36. The van der Waals surface area contributed by atoms with Gasteiger partial charge in [0.1, 0.15) is 11.3 Å². The van der Waals surface area contributed by atoms with Gasteiger partial charge in [0, 0.05) is 24.6 Å². The topological polar surface area (TPSA) is 99.1 Å². The average molecular weight is 392 g/mol. The van der Waals surface area contributed by atoms with Gasteiger partial charge in [-0.15, -0.1) is 0 Å². The molecule has 2 rings (SSSR count). The number of aliphatic hydroxyl groups excluding tert-OH is 1. The number of carbonyl (C=O) groups excluding carboxylic acids is 1. The van der Waals surface area contributed by atoms with Gasteiger partial charge < -0.3 is 20.3 Å². The Kier molecular flexibility index (Phi) is 6.72. The maximum Gasteiger partial charge on any atom is 0.324 e. The molecule has 0 aliphatic carbocycles. The van der Waals surface area contributed by atoms with Crippen LogP contribution in [-0.4, -0.2) is 59.8 Å². The van der Waals surface area contributed by atoms with Crippen molar-refractivity contribution in [1.82, 2.24) is 10.2 Å². The van der Waals surface area contributed by atoms with Crippen LogP contribution in [-0.2, 0) is 9.59 Å². The van der Waals surface area contributed by atoms with Crippen molar-refractivity contribution in [2.75, 3.05) is 27.3 Å². The van der Waals surface area contributed by atoms with Crippen molar-refractivity contribution in [3.8, 4) is 5.75 Å². The molecule has 1 heterocycles. The second-order valence-corrected chi connectivity index (χ2v) is 8.37. The van der Waals surface area contributed by atoms with Gasteiger partial charge in [-0.3, -0.25) is 14.5 Å². The predicted molar refractivity (Wildman–Crippen MR) is 106 cm³/mol. The molecule has 3 N–H and O–H groups in total. The first-order chi connectivity index (χ1) is 13.1. The van der Waals surface area contributed by atoms with Gasteiger partial charge in [-0.25, -0.2) is 0 Å². The number of likely N-dealkylation sites (N-methyl/N-ethyl adjacent to an activating group) is 1. The number of hydrogen-bond donors (Lipinski definition) is 3. The van der Waals surface area contributed by atoms with E-state index in [1.54, 1.807) is 14.2 Å². The Morgan fingerprint density at radius 1 is 1.32 bits per heavy atom. The zero-order valence-corrected chi connectivity index (χ0v) is 17.4. The summed E-state index contributed by atoms with van der Waals surface area (Å²) in [6.07, 6.45) is 0.634. The van der Waals surface area contributed by atoms with E-state index in [0.717, 1.165) is 5.56 Å². The number of amides is 1. The van der Waals surface area contributed by atoms with E-state index >= 15 is 0 Å². The van der Waals surface area contributed by atoms with Crippen molar-refractivity contribution in [2.45, 2.75) is 45.2 Å². The van der Waals surface area contributed by atoms with Crippen molar-refractivity contribution in [3.63, 3.8) is 0 Å². The fourth-order valence-electron chi connectivity index (χ4n) is 3.95. The zero-order valence-electron chi connectivity index (χ0n) is 17.4. The van der Waals surface area contributed by atoms with Crippen LogP contribution in [0.5, 0.6) is 5.75 Å². The third kappa shape index (κ3) is 4.15. The van der Waals surface area contributed by atoms with Gasteiger partial charge >= 0.3 is 5.97 Å². The monoisotopic (exact) mass is 392 g/mol. The van der Waals surface area contributed by atoms with Crippen LogP contribution >= 0.6 is 0 Å². The van der Waals surface area contributed by atoms with Gasteiger partial charge in [0.2, 0.25) is 5.91 Å². The van der Waals surface area contributed by atoms with Crippen molar-refractivity contribution in [1.29, 1.82) is 0 Å². The molecule has 1 saturated heterocycles. The lowest BCUT2D eigenvalue weighted by Gasteiger charge is -2.34. The average Bonchev–Trinajstić information content (AvgIpc) is 3.00. The van der Waals surface area contributed by atoms with E-state index in [1.165, 1.54) is 0 Å². The van der Waals surface area contributed by atoms with Crippen LogP contribution in [0.15, 0.2) is 24.3 Å². The van der Waals surface area contributed by atoms with Gasteiger partial charge in [-0.05, 0) is 37.6 Å². The van der Waals surface area contributed by atoms with Crippen LogP contribution in [0, 0.1) is 11.3 Å². The molecule has 1 aliphatic heterocycles. The fraction of sp³-hybridized carbons (Fsp3) is 0.619. The Labute approximate surface area is 166 Å². The molecule has 7 heteroatoms. The van der Waals surface area contributed by atoms with Gasteiger partial charge in [0.15, 0.2) is 0 Å². The van der Waals surface area contributed by atoms with E-state index in [9.17, 15) is 19.8 Å². The van der Waals surface area contributed by atoms with Crippen LogP contribution in [0.25, 0.3) is 0 Å². The summed E-state index contributed by atoms with van der Waals surface area (Å²) in [5, 5.41) is 22.3. The number of hydrogen-bond acceptors (Lipinski definition) is 5. The number of aliphatic carboxylic acids is 1. The first-order valence-corrected chi connectivity index (χ1v) is 9.60. The number of benzene rings is 1. The molecule has 3 atom stereocenters. The van der Waals surface area contributed by atoms with Crippen LogP contribution in [0.2, 0.25) is 0 Å². The van der Waals surface area contributed by atoms with Crippen LogP contribution < -0.4 is 10.1 Å². The highest BCUT2D eigenvalue weighted by Gasteiger charge is 2.56. The molecule has 28 heavy (non-hydrogen) atoms. The normalized spacial score (nSPS) is 25.5. The van der Waals surface area contributed by atoms with E-state index in [0.29, 0.717) is 18.7 Å². The van der Waals surface area contributed by atoms with E-state index in [2.05, 4.69) is 5.32 Å². The highest BCUT2D eigenvalue weighted by atomic mass is 16.5. The number of likely N-dealkylation sites (tertiary alicyclic amines) is 1. The molecule has 1 aromatic rings. The minimum Gasteiger partial charge on any atom is -0.497 e. The summed E-state index contributed by atoms with van der Waals surface area (Å²) in [4.78, 5) is 27.0. The second-order valence-electron chi connectivity index (χ2n) is 8.37. The molecule has 0 saturated carbocycles. The number of carboxylic acid groups (broad SMARTS) is 1. The number of rotatable bonds is 8. The number of nitrogens with zero attached hydrogens (tertiary/aromatic N) is 1. The molecule has 0 unspecified atom stereocenters. The van der Waals surface area contributed by atoms with Gasteiger partial charge in [-0.1, -0.05) is 32.9 Å². The zero-order chi connectivity index (χ0) is 21.1. The lowest BCUT2D eigenvalue weighted by atomic mass is 9.86. The Morgan fingerprint density at radius 2 is 1.93 bits per heavy atom. The van der Waals surface area contributed by atoms with Crippen molar-refractivity contribution in [2.24, 2.45) is 11.3 Å². The van der Waals surface area contributed by atoms with Crippen LogP contribution in [0.3, 0.4) is 0 Å². The largest absolute Gasteiger partial charge is 0.497 e. The first-order valence-electron chi connectivity index (χ1n) is 9.60. The van der Waals surface area contributed by atoms with Crippen LogP contribution in [0.1, 0.15) is 45.2 Å². The van der Waals surface area contributed by atoms with E-state index in [4.69, 9.17) is 4.74 Å². The number of methoxy groups -OCH3 is 1. The standard InChI is InChI=1S/C21H32N2O5/c1-6-21(19(26)27)11-16(18(25)22-12-20(2,3)13-24)17(23(21)4)14-7-9-15(28-5)10-8-14/h7-10,16-17,24H,6,11-13H2,1-5H3,(H,22,25)(H,26,27)/t16-,17-,21-/m1/s1. The highest BCUT2D eigenvalue weighted by molar-refractivity contribution is 5.85. The molecule has 1 aliphatic rings. The van der Waals surface area contributed by atoms with Gasteiger partial charge in [0.25, 0.3) is 0 Å². The molecule has 1 aromatic carbocycles. The number of carbonyl (C=O) groups is 2. The number of aliphatic hydroxyl groups is 1. The van der Waals surface area contributed by atoms with Crippen molar-refractivity contribution >= 4 is 11.9 Å². The minimum atomic E-state index is -1.10. The van der Waals surface area contributed by atoms with E-state index in [1.807, 2.05) is 49.9 Å². The predicted octanol–water partition coefficient (Wildman–Crippen LogP) is 2.06.